The average molecular weight is 247 g/mol. The van der Waals surface area contributed by atoms with Crippen LogP contribution >= 0.6 is 0 Å². The molecule has 1 aromatic heterocycles. The fourth-order valence-corrected chi connectivity index (χ4v) is 1.94. The minimum Gasteiger partial charge on any atom is -0.354 e. The van der Waals surface area contributed by atoms with Crippen molar-refractivity contribution in [1.29, 1.82) is 0 Å². The van der Waals surface area contributed by atoms with Crippen LogP contribution in [-0.4, -0.2) is 29.4 Å². The largest absolute Gasteiger partial charge is 0.354 e. The smallest absolute Gasteiger partial charge is 0.220 e. The minimum absolute atomic E-state index is 0.0156. The Balaban J connectivity index is 1.71. The molecular weight excluding hydrogens is 230 g/mol. The third kappa shape index (κ3) is 3.84. The molecule has 1 unspecified atom stereocenters. The maximum atomic E-state index is 11.7. The maximum absolute atomic E-state index is 11.7. The normalized spacial score (nSPS) is 19.1. The van der Waals surface area contributed by atoms with Gasteiger partial charge in [-0.15, -0.1) is 0 Å². The van der Waals surface area contributed by atoms with Gasteiger partial charge in [0, 0.05) is 37.3 Å². The molecule has 2 rings (SSSR count). The van der Waals surface area contributed by atoms with Gasteiger partial charge in [-0.2, -0.15) is 0 Å². The monoisotopic (exact) mass is 247 g/mol. The summed E-state index contributed by atoms with van der Waals surface area (Å²) in [7, 11) is 0. The van der Waals surface area contributed by atoms with Gasteiger partial charge < -0.3 is 10.6 Å². The van der Waals surface area contributed by atoms with Crippen molar-refractivity contribution in [3.8, 4) is 0 Å². The van der Waals surface area contributed by atoms with Crippen LogP contribution in [0.2, 0.25) is 0 Å². The Morgan fingerprint density at radius 3 is 3.06 bits per heavy atom. The summed E-state index contributed by atoms with van der Waals surface area (Å²) < 4.78 is 0. The molecule has 18 heavy (non-hydrogen) atoms. The Morgan fingerprint density at radius 2 is 2.39 bits per heavy atom. The molecule has 1 aromatic rings. The van der Waals surface area contributed by atoms with Crippen LogP contribution in [0.25, 0.3) is 0 Å². The Kier molecular flexibility index (Phi) is 4.28. The van der Waals surface area contributed by atoms with Gasteiger partial charge in [0.05, 0.1) is 0 Å². The molecule has 2 amide bonds. The molecular formula is C13H17N3O2. The van der Waals surface area contributed by atoms with E-state index in [1.54, 1.807) is 6.20 Å². The van der Waals surface area contributed by atoms with Gasteiger partial charge in [0.2, 0.25) is 11.8 Å². The molecule has 0 aromatic carbocycles. The van der Waals surface area contributed by atoms with Crippen LogP contribution in [0.15, 0.2) is 24.4 Å². The van der Waals surface area contributed by atoms with E-state index in [0.29, 0.717) is 25.8 Å². The highest BCUT2D eigenvalue weighted by molar-refractivity contribution is 5.79. The summed E-state index contributed by atoms with van der Waals surface area (Å²) in [6.45, 7) is 0.536. The first-order chi connectivity index (χ1) is 8.74. The lowest BCUT2D eigenvalue weighted by Crippen LogP contribution is -2.47. The molecule has 0 spiro atoms. The summed E-state index contributed by atoms with van der Waals surface area (Å²) in [6, 6.07) is 5.75. The first-order valence-corrected chi connectivity index (χ1v) is 6.20. The van der Waals surface area contributed by atoms with Gasteiger partial charge in [-0.1, -0.05) is 6.07 Å². The summed E-state index contributed by atoms with van der Waals surface area (Å²) >= 11 is 0. The van der Waals surface area contributed by atoms with Crippen molar-refractivity contribution in [1.82, 2.24) is 15.6 Å². The summed E-state index contributed by atoms with van der Waals surface area (Å²) in [6.07, 6.45) is 4.02. The second-order valence-corrected chi connectivity index (χ2v) is 4.43. The predicted molar refractivity (Wildman–Crippen MR) is 66.7 cm³/mol. The number of piperidine rings is 1. The Labute approximate surface area is 106 Å². The zero-order chi connectivity index (χ0) is 12.8. The highest BCUT2D eigenvalue weighted by Crippen LogP contribution is 2.04. The summed E-state index contributed by atoms with van der Waals surface area (Å²) in [5.41, 5.74) is 0.921. The van der Waals surface area contributed by atoms with E-state index < -0.39 is 0 Å². The third-order valence-corrected chi connectivity index (χ3v) is 2.96. The molecule has 0 bridgehead atoms. The fourth-order valence-electron chi connectivity index (χ4n) is 1.94. The number of aryl methyl sites for hydroxylation is 1. The lowest BCUT2D eigenvalue weighted by molar-refractivity contribution is -0.125. The first-order valence-electron chi connectivity index (χ1n) is 6.20. The number of hydrogen-bond donors (Lipinski definition) is 2. The quantitative estimate of drug-likeness (QED) is 0.809. The maximum Gasteiger partial charge on any atom is 0.220 e. The Hall–Kier alpha value is -1.91. The molecule has 1 fully saturated rings. The SMILES string of the molecule is O=C1CCC(NC(=O)CCc2ccccn2)CN1. The fraction of sp³-hybridized carbons (Fsp3) is 0.462. The van der Waals surface area contributed by atoms with Crippen LogP contribution in [0.3, 0.4) is 0 Å². The van der Waals surface area contributed by atoms with Crippen LogP contribution in [0.1, 0.15) is 25.0 Å². The van der Waals surface area contributed by atoms with Crippen LogP contribution in [0.4, 0.5) is 0 Å². The number of carbonyl (C=O) groups is 2. The molecule has 1 aliphatic rings. The second kappa shape index (κ2) is 6.14. The van der Waals surface area contributed by atoms with Crippen molar-refractivity contribution in [2.24, 2.45) is 0 Å². The lowest BCUT2D eigenvalue weighted by atomic mass is 10.1. The molecule has 5 nitrogen and oxygen atoms in total. The number of nitrogens with one attached hydrogen (secondary N) is 2. The molecule has 1 atom stereocenters. The van der Waals surface area contributed by atoms with Crippen molar-refractivity contribution in [2.45, 2.75) is 31.7 Å². The predicted octanol–water partition coefficient (Wildman–Crippen LogP) is 0.409. The van der Waals surface area contributed by atoms with Gasteiger partial charge in [0.25, 0.3) is 0 Å². The van der Waals surface area contributed by atoms with Gasteiger partial charge in [-0.05, 0) is 25.0 Å². The number of pyridine rings is 1. The molecule has 1 aliphatic heterocycles. The molecule has 0 aliphatic carbocycles. The summed E-state index contributed by atoms with van der Waals surface area (Å²) in [4.78, 5) is 26.9. The van der Waals surface area contributed by atoms with Gasteiger partial charge in [-0.3, -0.25) is 14.6 Å². The molecule has 5 heteroatoms. The van der Waals surface area contributed by atoms with Crippen LogP contribution in [-0.2, 0) is 16.0 Å². The lowest BCUT2D eigenvalue weighted by Gasteiger charge is -2.23. The van der Waals surface area contributed by atoms with Crippen molar-refractivity contribution < 1.29 is 9.59 Å². The van der Waals surface area contributed by atoms with E-state index in [2.05, 4.69) is 15.6 Å². The minimum atomic E-state index is 0.0156. The van der Waals surface area contributed by atoms with Crippen LogP contribution in [0, 0.1) is 0 Å². The highest BCUT2D eigenvalue weighted by atomic mass is 16.2. The van der Waals surface area contributed by atoms with Gasteiger partial charge in [0.1, 0.15) is 0 Å². The Bertz CT molecular complexity index is 410. The topological polar surface area (TPSA) is 71.1 Å². The molecule has 1 saturated heterocycles. The van der Waals surface area contributed by atoms with Gasteiger partial charge in [-0.25, -0.2) is 0 Å². The number of rotatable bonds is 4. The number of nitrogens with zero attached hydrogens (tertiary/aromatic N) is 1. The first kappa shape index (κ1) is 12.5. The zero-order valence-electron chi connectivity index (χ0n) is 10.2. The summed E-state index contributed by atoms with van der Waals surface area (Å²) in [5, 5.41) is 5.67. The van der Waals surface area contributed by atoms with Crippen molar-refractivity contribution >= 4 is 11.8 Å². The molecule has 2 heterocycles. The number of aromatic nitrogens is 1. The molecule has 0 radical (unpaired) electrons. The number of carbonyl (C=O) groups excluding carboxylic acids is 2. The van der Waals surface area contributed by atoms with Gasteiger partial charge >= 0.3 is 0 Å². The molecule has 96 valence electrons. The van der Waals surface area contributed by atoms with Crippen molar-refractivity contribution in [3.63, 3.8) is 0 Å². The van der Waals surface area contributed by atoms with E-state index in [9.17, 15) is 9.59 Å². The Morgan fingerprint density at radius 1 is 1.50 bits per heavy atom. The second-order valence-electron chi connectivity index (χ2n) is 4.43. The molecule has 2 N–H and O–H groups in total. The van der Waals surface area contributed by atoms with Crippen molar-refractivity contribution in [2.75, 3.05) is 6.54 Å². The van der Waals surface area contributed by atoms with Crippen molar-refractivity contribution in [3.05, 3.63) is 30.1 Å². The van der Waals surface area contributed by atoms with E-state index in [1.807, 2.05) is 18.2 Å². The third-order valence-electron chi connectivity index (χ3n) is 2.96. The van der Waals surface area contributed by atoms with Gasteiger partial charge in [0.15, 0.2) is 0 Å². The average Bonchev–Trinajstić information content (AvgIpc) is 2.40. The van der Waals surface area contributed by atoms with E-state index in [1.165, 1.54) is 0 Å². The molecule has 0 saturated carbocycles. The number of hydrogen-bond acceptors (Lipinski definition) is 3. The standard InChI is InChI=1S/C13H17N3O2/c17-12-6-5-11(9-15-12)16-13(18)7-4-10-3-1-2-8-14-10/h1-3,8,11H,4-7,9H2,(H,15,17)(H,16,18). The highest BCUT2D eigenvalue weighted by Gasteiger charge is 2.19. The van der Waals surface area contributed by atoms with Crippen LogP contribution < -0.4 is 10.6 Å². The zero-order valence-corrected chi connectivity index (χ0v) is 10.2. The van der Waals surface area contributed by atoms with Crippen LogP contribution in [0.5, 0.6) is 0 Å². The van der Waals surface area contributed by atoms with E-state index in [4.69, 9.17) is 0 Å². The number of amides is 2. The van der Waals surface area contributed by atoms with E-state index in [-0.39, 0.29) is 17.9 Å². The van der Waals surface area contributed by atoms with E-state index in [0.717, 1.165) is 12.1 Å². The summed E-state index contributed by atoms with van der Waals surface area (Å²) in [5.74, 6) is 0.0794. The van der Waals surface area contributed by atoms with E-state index >= 15 is 0 Å².